The number of hydrogen-bond acceptors (Lipinski definition) is 4. The summed E-state index contributed by atoms with van der Waals surface area (Å²) in [6.07, 6.45) is 3.84. The fourth-order valence-corrected chi connectivity index (χ4v) is 3.50. The van der Waals surface area contributed by atoms with Gasteiger partial charge in [-0.1, -0.05) is 6.07 Å². The van der Waals surface area contributed by atoms with Crippen molar-refractivity contribution in [2.24, 2.45) is 0 Å². The smallest absolute Gasteiger partial charge is 0.127 e. The van der Waals surface area contributed by atoms with E-state index in [2.05, 4.69) is 25.2 Å². The first kappa shape index (κ1) is 14.7. The summed E-state index contributed by atoms with van der Waals surface area (Å²) in [6.45, 7) is 5.08. The first-order chi connectivity index (χ1) is 10.2. The van der Waals surface area contributed by atoms with E-state index in [-0.39, 0.29) is 0 Å². The first-order valence-electron chi connectivity index (χ1n) is 7.88. The van der Waals surface area contributed by atoms with Crippen molar-refractivity contribution in [3.63, 3.8) is 0 Å². The van der Waals surface area contributed by atoms with Gasteiger partial charge < -0.3 is 19.5 Å². The quantitative estimate of drug-likeness (QED) is 0.929. The van der Waals surface area contributed by atoms with Crippen molar-refractivity contribution < 1.29 is 14.2 Å². The zero-order valence-electron chi connectivity index (χ0n) is 13.1. The summed E-state index contributed by atoms with van der Waals surface area (Å²) in [5.41, 5.74) is 1.24. The summed E-state index contributed by atoms with van der Waals surface area (Å²) in [7, 11) is 1.69. The lowest BCUT2D eigenvalue weighted by Gasteiger charge is -2.36. The van der Waals surface area contributed by atoms with Gasteiger partial charge in [0, 0.05) is 30.1 Å². The Morgan fingerprint density at radius 3 is 2.67 bits per heavy atom. The van der Waals surface area contributed by atoms with E-state index in [1.807, 2.05) is 12.1 Å². The Morgan fingerprint density at radius 2 is 1.95 bits per heavy atom. The molecule has 1 fully saturated rings. The molecule has 0 unspecified atom stereocenters. The van der Waals surface area contributed by atoms with E-state index in [1.54, 1.807) is 7.11 Å². The number of fused-ring (bicyclic) bond motifs is 1. The summed E-state index contributed by atoms with van der Waals surface area (Å²) >= 11 is 0. The van der Waals surface area contributed by atoms with E-state index in [1.165, 1.54) is 5.56 Å². The second kappa shape index (κ2) is 6.24. The van der Waals surface area contributed by atoms with Crippen molar-refractivity contribution in [2.75, 3.05) is 13.7 Å². The van der Waals surface area contributed by atoms with Crippen LogP contribution in [0.3, 0.4) is 0 Å². The molecule has 1 aromatic rings. The van der Waals surface area contributed by atoms with Gasteiger partial charge in [0.15, 0.2) is 0 Å². The minimum Gasteiger partial charge on any atom is -0.497 e. The number of hydrogen-bond donors (Lipinski definition) is 1. The molecule has 2 heterocycles. The molecule has 1 saturated heterocycles. The fraction of sp³-hybridized carbons (Fsp3) is 0.647. The second-order valence-electron chi connectivity index (χ2n) is 6.19. The van der Waals surface area contributed by atoms with Crippen LogP contribution in [0.25, 0.3) is 0 Å². The summed E-state index contributed by atoms with van der Waals surface area (Å²) in [6, 6.07) is 7.00. The molecule has 3 atom stereocenters. The molecule has 4 nitrogen and oxygen atoms in total. The van der Waals surface area contributed by atoms with Crippen molar-refractivity contribution in [3.05, 3.63) is 23.8 Å². The summed E-state index contributed by atoms with van der Waals surface area (Å²) < 4.78 is 16.9. The summed E-state index contributed by atoms with van der Waals surface area (Å²) in [4.78, 5) is 0. The Bertz CT molecular complexity index is 481. The Morgan fingerprint density at radius 1 is 1.19 bits per heavy atom. The molecule has 0 aromatic heterocycles. The molecule has 0 bridgehead atoms. The van der Waals surface area contributed by atoms with Gasteiger partial charge in [-0.15, -0.1) is 0 Å². The molecular formula is C17H25NO3. The second-order valence-corrected chi connectivity index (χ2v) is 6.19. The minimum absolute atomic E-state index is 0.335. The lowest BCUT2D eigenvalue weighted by atomic mass is 9.95. The largest absolute Gasteiger partial charge is 0.497 e. The van der Waals surface area contributed by atoms with Crippen LogP contribution in [0.15, 0.2) is 18.2 Å². The zero-order chi connectivity index (χ0) is 14.8. The molecule has 1 aromatic carbocycles. The van der Waals surface area contributed by atoms with Gasteiger partial charge in [0.25, 0.3) is 0 Å². The van der Waals surface area contributed by atoms with Crippen molar-refractivity contribution in [1.82, 2.24) is 5.32 Å². The Hall–Kier alpha value is -1.26. The molecule has 0 spiro atoms. The molecular weight excluding hydrogens is 266 g/mol. The fourth-order valence-electron chi connectivity index (χ4n) is 3.50. The number of benzene rings is 1. The van der Waals surface area contributed by atoms with Crippen molar-refractivity contribution in [2.45, 2.75) is 57.4 Å². The summed E-state index contributed by atoms with van der Waals surface area (Å²) in [5.74, 6) is 1.80. The van der Waals surface area contributed by atoms with Gasteiger partial charge in [0.05, 0.1) is 25.9 Å². The topological polar surface area (TPSA) is 39.7 Å². The molecule has 116 valence electrons. The minimum atomic E-state index is 0.335. The van der Waals surface area contributed by atoms with Gasteiger partial charge in [-0.05, 0) is 32.8 Å². The van der Waals surface area contributed by atoms with Gasteiger partial charge in [-0.3, -0.25) is 0 Å². The van der Waals surface area contributed by atoms with Crippen LogP contribution in [0.5, 0.6) is 11.5 Å². The highest BCUT2D eigenvalue weighted by Gasteiger charge is 2.29. The van der Waals surface area contributed by atoms with Crippen LogP contribution in [-0.2, 0) is 4.74 Å². The van der Waals surface area contributed by atoms with Crippen LogP contribution in [-0.4, -0.2) is 32.0 Å². The first-order valence-corrected chi connectivity index (χ1v) is 7.88. The van der Waals surface area contributed by atoms with Crippen molar-refractivity contribution in [3.8, 4) is 11.5 Å². The van der Waals surface area contributed by atoms with Crippen LogP contribution >= 0.6 is 0 Å². The lowest BCUT2D eigenvalue weighted by Crippen LogP contribution is -2.43. The van der Waals surface area contributed by atoms with Crippen molar-refractivity contribution in [1.29, 1.82) is 0 Å². The molecule has 0 aliphatic carbocycles. The third kappa shape index (κ3) is 3.33. The van der Waals surface area contributed by atoms with E-state index >= 15 is 0 Å². The lowest BCUT2D eigenvalue weighted by molar-refractivity contribution is -0.0441. The van der Waals surface area contributed by atoms with Gasteiger partial charge in [0.1, 0.15) is 11.5 Å². The van der Waals surface area contributed by atoms with Crippen LogP contribution in [0.4, 0.5) is 0 Å². The molecule has 0 saturated carbocycles. The van der Waals surface area contributed by atoms with Crippen LogP contribution in [0.2, 0.25) is 0 Å². The molecule has 1 N–H and O–H groups in total. The molecule has 2 aliphatic heterocycles. The number of nitrogens with one attached hydrogen (secondary N) is 1. The predicted octanol–water partition coefficient (Wildman–Crippen LogP) is 3.06. The van der Waals surface area contributed by atoms with Gasteiger partial charge >= 0.3 is 0 Å². The molecule has 0 radical (unpaired) electrons. The molecule has 3 rings (SSSR count). The van der Waals surface area contributed by atoms with Crippen LogP contribution < -0.4 is 14.8 Å². The maximum absolute atomic E-state index is 5.82. The number of rotatable bonds is 3. The van der Waals surface area contributed by atoms with E-state index in [9.17, 15) is 0 Å². The highest BCUT2D eigenvalue weighted by Crippen LogP contribution is 2.36. The average Bonchev–Trinajstić information content (AvgIpc) is 2.46. The molecule has 0 amide bonds. The van der Waals surface area contributed by atoms with Gasteiger partial charge in [-0.2, -0.15) is 0 Å². The molecule has 4 heteroatoms. The van der Waals surface area contributed by atoms with Gasteiger partial charge in [0.2, 0.25) is 0 Å². The predicted molar refractivity (Wildman–Crippen MR) is 82.0 cm³/mol. The maximum atomic E-state index is 5.82. The van der Waals surface area contributed by atoms with Crippen molar-refractivity contribution >= 4 is 0 Å². The highest BCUT2D eigenvalue weighted by molar-refractivity contribution is 5.43. The Labute approximate surface area is 126 Å². The summed E-state index contributed by atoms with van der Waals surface area (Å²) in [5, 5.41) is 3.81. The maximum Gasteiger partial charge on any atom is 0.127 e. The highest BCUT2D eigenvalue weighted by atomic mass is 16.5. The van der Waals surface area contributed by atoms with Crippen LogP contribution in [0.1, 0.15) is 44.7 Å². The van der Waals surface area contributed by atoms with E-state index in [0.717, 1.165) is 37.4 Å². The normalized spacial score (nSPS) is 32.1. The Balaban J connectivity index is 1.73. The van der Waals surface area contributed by atoms with E-state index in [4.69, 9.17) is 14.2 Å². The molecule has 2 aliphatic rings. The Kier molecular flexibility index (Phi) is 4.36. The SMILES string of the molecule is COc1ccc2c(c1)OCC[C@@H]2NC1C[C@@H](C)O[C@H](C)C1. The number of methoxy groups -OCH3 is 1. The van der Waals surface area contributed by atoms with Crippen LogP contribution in [0, 0.1) is 0 Å². The van der Waals surface area contributed by atoms with E-state index in [0.29, 0.717) is 24.3 Å². The zero-order valence-corrected chi connectivity index (χ0v) is 13.1. The average molecular weight is 291 g/mol. The standard InChI is InChI=1S/C17H25NO3/c1-11-8-13(9-12(2)21-11)18-16-6-7-20-17-10-14(19-3)4-5-15(16)17/h4-5,10-13,16,18H,6-9H2,1-3H3/t11-,12-,16+/m1/s1. The monoisotopic (exact) mass is 291 g/mol. The third-order valence-electron chi connectivity index (χ3n) is 4.39. The van der Waals surface area contributed by atoms with Gasteiger partial charge in [-0.25, -0.2) is 0 Å². The third-order valence-corrected chi connectivity index (χ3v) is 4.39. The van der Waals surface area contributed by atoms with E-state index < -0.39 is 0 Å². The number of ether oxygens (including phenoxy) is 3. The molecule has 21 heavy (non-hydrogen) atoms.